The number of rotatable bonds is 2. The van der Waals surface area contributed by atoms with Gasteiger partial charge < -0.3 is 10.5 Å². The second-order valence-corrected chi connectivity index (χ2v) is 3.56. The second-order valence-electron chi connectivity index (χ2n) is 2.81. The third-order valence-corrected chi connectivity index (χ3v) is 2.35. The Labute approximate surface area is 108 Å². The van der Waals surface area contributed by atoms with Crippen molar-refractivity contribution in [3.8, 4) is 0 Å². The van der Waals surface area contributed by atoms with Crippen molar-refractivity contribution in [1.29, 1.82) is 0 Å². The molecule has 6 heteroatoms. The number of carbonyl (C=O) groups excluding carboxylic acids is 1. The van der Waals surface area contributed by atoms with E-state index < -0.39 is 11.8 Å². The van der Waals surface area contributed by atoms with Gasteiger partial charge in [-0.2, -0.15) is 0 Å². The van der Waals surface area contributed by atoms with E-state index in [2.05, 4.69) is 20.9 Å². The third kappa shape index (κ3) is 3.66. The zero-order chi connectivity index (χ0) is 13.6. The second kappa shape index (κ2) is 7.21. The molecule has 96 valence electrons. The number of aromatic nitrogens is 1. The quantitative estimate of drug-likeness (QED) is 0.673. The van der Waals surface area contributed by atoms with Crippen LogP contribution in [0.1, 0.15) is 36.8 Å². The molecule has 1 aromatic heterocycles. The highest BCUT2D eigenvalue weighted by atomic mass is 79.9. The SMILES string of the molecule is CC.CCOC(=O)c1c(Br)nc(C)c(F)c1N. The van der Waals surface area contributed by atoms with Crippen molar-refractivity contribution in [2.45, 2.75) is 27.7 Å². The minimum Gasteiger partial charge on any atom is -0.462 e. The molecule has 0 spiro atoms. The maximum Gasteiger partial charge on any atom is 0.343 e. The average molecular weight is 307 g/mol. The molecule has 0 atom stereocenters. The molecule has 0 bridgehead atoms. The molecular formula is C11H16BrFN2O2. The number of anilines is 1. The molecule has 0 saturated carbocycles. The topological polar surface area (TPSA) is 65.2 Å². The summed E-state index contributed by atoms with van der Waals surface area (Å²) in [7, 11) is 0. The van der Waals surface area contributed by atoms with Gasteiger partial charge in [-0.3, -0.25) is 0 Å². The molecule has 0 amide bonds. The van der Waals surface area contributed by atoms with Gasteiger partial charge in [0.2, 0.25) is 0 Å². The van der Waals surface area contributed by atoms with Crippen LogP contribution in [-0.4, -0.2) is 17.6 Å². The molecule has 0 fully saturated rings. The molecule has 1 heterocycles. The summed E-state index contributed by atoms with van der Waals surface area (Å²) < 4.78 is 18.3. The van der Waals surface area contributed by atoms with Crippen LogP contribution in [0.15, 0.2) is 4.60 Å². The number of nitrogens with two attached hydrogens (primary N) is 1. The van der Waals surface area contributed by atoms with Crippen LogP contribution < -0.4 is 5.73 Å². The molecule has 0 aliphatic heterocycles. The lowest BCUT2D eigenvalue weighted by Gasteiger charge is -2.09. The van der Waals surface area contributed by atoms with Crippen molar-refractivity contribution in [3.63, 3.8) is 0 Å². The average Bonchev–Trinajstić information content (AvgIpc) is 2.29. The van der Waals surface area contributed by atoms with Crippen molar-refractivity contribution in [1.82, 2.24) is 4.98 Å². The molecule has 0 saturated heterocycles. The Kier molecular flexibility index (Phi) is 6.72. The van der Waals surface area contributed by atoms with E-state index in [0.717, 1.165) is 0 Å². The predicted molar refractivity (Wildman–Crippen MR) is 68.3 cm³/mol. The Morgan fingerprint density at radius 1 is 1.53 bits per heavy atom. The van der Waals surface area contributed by atoms with E-state index in [1.165, 1.54) is 6.92 Å². The van der Waals surface area contributed by atoms with Gasteiger partial charge in [0.05, 0.1) is 18.0 Å². The third-order valence-electron chi connectivity index (χ3n) is 1.78. The normalized spacial score (nSPS) is 9.29. The minimum absolute atomic E-state index is 0.0695. The van der Waals surface area contributed by atoms with E-state index in [4.69, 9.17) is 10.5 Å². The number of pyridine rings is 1. The van der Waals surface area contributed by atoms with Gasteiger partial charge in [0, 0.05) is 0 Å². The number of hydrogen-bond donors (Lipinski definition) is 1. The van der Waals surface area contributed by atoms with Crippen LogP contribution in [0.3, 0.4) is 0 Å². The highest BCUT2D eigenvalue weighted by Gasteiger charge is 2.21. The van der Waals surface area contributed by atoms with Crippen LogP contribution in [0.2, 0.25) is 0 Å². The summed E-state index contributed by atoms with van der Waals surface area (Å²) in [5.74, 6) is -1.38. The summed E-state index contributed by atoms with van der Waals surface area (Å²) >= 11 is 3.04. The Morgan fingerprint density at radius 2 is 2.06 bits per heavy atom. The van der Waals surface area contributed by atoms with Crippen LogP contribution in [0.5, 0.6) is 0 Å². The number of nitrogens with zero attached hydrogens (tertiary/aromatic N) is 1. The van der Waals surface area contributed by atoms with Gasteiger partial charge in [0.15, 0.2) is 5.82 Å². The summed E-state index contributed by atoms with van der Waals surface area (Å²) in [4.78, 5) is 15.2. The number of aryl methyl sites for hydroxylation is 1. The van der Waals surface area contributed by atoms with Crippen molar-refractivity contribution in [2.75, 3.05) is 12.3 Å². The Bertz CT molecular complexity index is 411. The van der Waals surface area contributed by atoms with Gasteiger partial charge in [-0.05, 0) is 29.8 Å². The molecule has 17 heavy (non-hydrogen) atoms. The first-order valence-corrected chi connectivity index (χ1v) is 6.06. The van der Waals surface area contributed by atoms with Gasteiger partial charge in [-0.25, -0.2) is 14.2 Å². The summed E-state index contributed by atoms with van der Waals surface area (Å²) in [6.45, 7) is 7.31. The molecule has 0 aliphatic rings. The van der Waals surface area contributed by atoms with E-state index in [-0.39, 0.29) is 28.2 Å². The first-order valence-electron chi connectivity index (χ1n) is 5.27. The highest BCUT2D eigenvalue weighted by Crippen LogP contribution is 2.26. The fourth-order valence-electron chi connectivity index (χ4n) is 1.07. The number of hydrogen-bond acceptors (Lipinski definition) is 4. The molecule has 0 radical (unpaired) electrons. The lowest BCUT2D eigenvalue weighted by Crippen LogP contribution is -2.12. The molecule has 2 N–H and O–H groups in total. The monoisotopic (exact) mass is 306 g/mol. The fraction of sp³-hybridized carbons (Fsp3) is 0.455. The zero-order valence-electron chi connectivity index (χ0n) is 10.3. The summed E-state index contributed by atoms with van der Waals surface area (Å²) in [6.07, 6.45) is 0. The maximum absolute atomic E-state index is 13.4. The van der Waals surface area contributed by atoms with Gasteiger partial charge in [0.25, 0.3) is 0 Å². The van der Waals surface area contributed by atoms with Crippen LogP contribution in [0, 0.1) is 12.7 Å². The van der Waals surface area contributed by atoms with Crippen molar-refractivity contribution in [2.24, 2.45) is 0 Å². The lowest BCUT2D eigenvalue weighted by molar-refractivity contribution is 0.0525. The van der Waals surface area contributed by atoms with E-state index in [1.54, 1.807) is 6.92 Å². The zero-order valence-corrected chi connectivity index (χ0v) is 11.9. The number of halogens is 2. The Hall–Kier alpha value is -1.17. The predicted octanol–water partition coefficient (Wildman–Crippen LogP) is 3.08. The molecule has 1 rings (SSSR count). The molecule has 4 nitrogen and oxygen atoms in total. The van der Waals surface area contributed by atoms with Crippen LogP contribution in [0.4, 0.5) is 10.1 Å². The standard InChI is InChI=1S/C9H10BrFN2O2.C2H6/c1-3-15-9(14)5-7(12)6(11)4(2)13-8(5)10;1-2/h3H2,1-2H3,(H2,12,13);1-2H3. The van der Waals surface area contributed by atoms with Crippen LogP contribution >= 0.6 is 15.9 Å². The first-order chi connectivity index (χ1) is 7.99. The van der Waals surface area contributed by atoms with E-state index in [0.29, 0.717) is 0 Å². The number of ether oxygens (including phenoxy) is 1. The Morgan fingerprint density at radius 3 is 2.53 bits per heavy atom. The highest BCUT2D eigenvalue weighted by molar-refractivity contribution is 9.10. The van der Waals surface area contributed by atoms with Gasteiger partial charge >= 0.3 is 5.97 Å². The summed E-state index contributed by atoms with van der Waals surface area (Å²) in [5.41, 5.74) is 5.29. The largest absolute Gasteiger partial charge is 0.462 e. The van der Waals surface area contributed by atoms with E-state index >= 15 is 0 Å². The maximum atomic E-state index is 13.4. The summed E-state index contributed by atoms with van der Waals surface area (Å²) in [5, 5.41) is 0. The van der Waals surface area contributed by atoms with Gasteiger partial charge in [-0.1, -0.05) is 13.8 Å². The van der Waals surface area contributed by atoms with Crippen LogP contribution in [0.25, 0.3) is 0 Å². The van der Waals surface area contributed by atoms with Crippen molar-refractivity contribution < 1.29 is 13.9 Å². The van der Waals surface area contributed by atoms with Crippen LogP contribution in [-0.2, 0) is 4.74 Å². The molecule has 0 unspecified atom stereocenters. The minimum atomic E-state index is -0.693. The summed E-state index contributed by atoms with van der Waals surface area (Å²) in [6, 6.07) is 0. The fourth-order valence-corrected chi connectivity index (χ4v) is 1.71. The first kappa shape index (κ1) is 15.8. The number of esters is 1. The number of nitrogen functional groups attached to an aromatic ring is 1. The van der Waals surface area contributed by atoms with Crippen molar-refractivity contribution >= 4 is 27.6 Å². The Balaban J connectivity index is 0.00000121. The van der Waals surface area contributed by atoms with E-state index in [1.807, 2.05) is 13.8 Å². The molecular weight excluding hydrogens is 291 g/mol. The van der Waals surface area contributed by atoms with Crippen molar-refractivity contribution in [3.05, 3.63) is 21.7 Å². The lowest BCUT2D eigenvalue weighted by atomic mass is 10.2. The van der Waals surface area contributed by atoms with E-state index in [9.17, 15) is 9.18 Å². The van der Waals surface area contributed by atoms with Gasteiger partial charge in [-0.15, -0.1) is 0 Å². The smallest absolute Gasteiger partial charge is 0.343 e. The van der Waals surface area contributed by atoms with Gasteiger partial charge in [0.1, 0.15) is 10.2 Å². The molecule has 0 aromatic carbocycles. The molecule has 0 aliphatic carbocycles. The molecule has 1 aromatic rings. The number of carbonyl (C=O) groups is 1.